The van der Waals surface area contributed by atoms with Gasteiger partial charge in [0.15, 0.2) is 23.2 Å². The third-order valence-corrected chi connectivity index (χ3v) is 10.4. The van der Waals surface area contributed by atoms with Gasteiger partial charge in [0, 0.05) is 36.5 Å². The number of amides is 2. The highest BCUT2D eigenvalue weighted by molar-refractivity contribution is 7.80. The first-order valence-corrected chi connectivity index (χ1v) is 19.1. The Morgan fingerprint density at radius 3 is 2.52 bits per heavy atom. The van der Waals surface area contributed by atoms with Crippen molar-refractivity contribution in [1.82, 2.24) is 20.0 Å². The van der Waals surface area contributed by atoms with E-state index in [1.807, 2.05) is 6.20 Å². The standard InChI is InChI=1S/C32H39N9O11S2/c1-32(2)22(29(44)41(32)52-54(47,48)49)10-25(42)27(23-17-53-31(34)36-23)37-51-26(30(45)46)16-50-20-6-4-19(5-7-20)39-15-24-21(28(39)43)14-38(13-18-11-35-12-18)40(24)9-3-8-33/h4-7,14,17-18,22,26,35H,3,8-13,15-16,33H2,1-2H3,(H3-,34,36,45,46,47,48,49)/p+1/b37-27-/t22-,26+/m1/s1. The molecule has 6 rings (SSSR count). The van der Waals surface area contributed by atoms with Gasteiger partial charge in [-0.3, -0.25) is 18.9 Å². The summed E-state index contributed by atoms with van der Waals surface area (Å²) in [4.78, 5) is 62.6. The minimum absolute atomic E-state index is 0.0424. The number of carboxylic acid groups (broad SMARTS) is 1. The molecule has 2 aromatic heterocycles. The largest absolute Gasteiger partial charge is 0.489 e. The van der Waals surface area contributed by atoms with E-state index < -0.39 is 64.4 Å². The van der Waals surface area contributed by atoms with Crippen LogP contribution < -0.4 is 31.1 Å². The number of carboxylic acids is 1. The molecule has 2 saturated heterocycles. The summed E-state index contributed by atoms with van der Waals surface area (Å²) in [6.07, 6.45) is 0.453. The molecule has 0 bridgehead atoms. The Hall–Kier alpha value is -5.00. The molecule has 0 saturated carbocycles. The number of carbonyl (C=O) groups excluding carboxylic acids is 3. The summed E-state index contributed by atoms with van der Waals surface area (Å²) in [7, 11) is -5.01. The zero-order valence-electron chi connectivity index (χ0n) is 29.3. The number of ketones is 1. The summed E-state index contributed by atoms with van der Waals surface area (Å²) in [6.45, 7) is 6.57. The number of anilines is 2. The molecule has 0 spiro atoms. The lowest BCUT2D eigenvalue weighted by molar-refractivity contribution is -0.781. The van der Waals surface area contributed by atoms with E-state index in [1.54, 1.807) is 29.2 Å². The molecule has 7 N–H and O–H groups in total. The molecular formula is C32H40N9O11S2+. The van der Waals surface area contributed by atoms with Gasteiger partial charge in [0.05, 0.1) is 24.5 Å². The molecule has 5 heterocycles. The number of ether oxygens (including phenoxy) is 1. The zero-order valence-corrected chi connectivity index (χ0v) is 30.9. The highest BCUT2D eigenvalue weighted by Crippen LogP contribution is 2.41. The van der Waals surface area contributed by atoms with Crippen LogP contribution >= 0.6 is 11.3 Å². The van der Waals surface area contributed by atoms with E-state index >= 15 is 0 Å². The van der Waals surface area contributed by atoms with E-state index in [-0.39, 0.29) is 22.5 Å². The number of hydroxylamine groups is 2. The molecule has 54 heavy (non-hydrogen) atoms. The van der Waals surface area contributed by atoms with E-state index in [2.05, 4.69) is 29.1 Å². The van der Waals surface area contributed by atoms with E-state index in [1.165, 1.54) is 19.2 Å². The average Bonchev–Trinajstić information content (AvgIpc) is 3.77. The number of thiazole rings is 1. The molecule has 3 aliphatic heterocycles. The minimum atomic E-state index is -5.01. The monoisotopic (exact) mass is 790 g/mol. The van der Waals surface area contributed by atoms with Crippen LogP contribution in [0, 0.1) is 11.8 Å². The van der Waals surface area contributed by atoms with E-state index in [0.717, 1.165) is 43.1 Å². The second-order valence-corrected chi connectivity index (χ2v) is 15.4. The number of β-lactam (4-membered cyclic amide) rings is 1. The number of nitrogens with zero attached hydrogens (tertiary/aromatic N) is 6. The number of hydrogen-bond donors (Lipinski definition) is 5. The van der Waals surface area contributed by atoms with Crippen molar-refractivity contribution in [2.75, 3.05) is 36.9 Å². The molecule has 2 fully saturated rings. The summed E-state index contributed by atoms with van der Waals surface area (Å²) in [5.74, 6) is -3.61. The SMILES string of the molecule is CC1(C)[C@H](CC(=O)/C(=N\O[C@@H](COc2ccc(N3Cc4c(c[n+](CC5CNC5)n4CCCN)C3=O)cc2)C(=O)O)c2csc(N)n2)C(=O)N1OS(=O)(=O)O. The van der Waals surface area contributed by atoms with E-state index in [4.69, 9.17) is 25.6 Å². The first-order valence-electron chi connectivity index (χ1n) is 16.9. The summed E-state index contributed by atoms with van der Waals surface area (Å²) in [6, 6.07) is 6.53. The predicted octanol–water partition coefficient (Wildman–Crippen LogP) is -0.274. The number of aromatic nitrogens is 3. The Morgan fingerprint density at radius 1 is 1.22 bits per heavy atom. The van der Waals surface area contributed by atoms with Gasteiger partial charge in [-0.25, -0.2) is 9.78 Å². The number of oxime groups is 1. The van der Waals surface area contributed by atoms with Crippen LogP contribution in [0.4, 0.5) is 10.8 Å². The molecule has 3 aromatic rings. The Bertz CT molecular complexity index is 2080. The van der Waals surface area contributed by atoms with Gasteiger partial charge in [0.25, 0.3) is 17.9 Å². The average molecular weight is 791 g/mol. The smallest absolute Gasteiger partial charge is 0.418 e. The number of benzene rings is 1. The van der Waals surface area contributed by atoms with Crippen LogP contribution in [0.15, 0.2) is 41.0 Å². The van der Waals surface area contributed by atoms with Crippen molar-refractivity contribution in [1.29, 1.82) is 0 Å². The van der Waals surface area contributed by atoms with Crippen molar-refractivity contribution < 1.29 is 55.8 Å². The summed E-state index contributed by atoms with van der Waals surface area (Å²) in [5.41, 5.74) is 11.9. The maximum Gasteiger partial charge on any atom is 0.418 e. The third-order valence-electron chi connectivity index (χ3n) is 9.44. The molecule has 3 aliphatic rings. The molecule has 22 heteroatoms. The first-order chi connectivity index (χ1) is 25.6. The molecule has 0 unspecified atom stereocenters. The summed E-state index contributed by atoms with van der Waals surface area (Å²) < 4.78 is 45.6. The molecule has 0 aliphatic carbocycles. The van der Waals surface area contributed by atoms with Crippen molar-refractivity contribution in [2.24, 2.45) is 22.7 Å². The predicted molar refractivity (Wildman–Crippen MR) is 189 cm³/mol. The Labute approximate surface area is 313 Å². The van der Waals surface area contributed by atoms with Crippen LogP contribution in [0.3, 0.4) is 0 Å². The van der Waals surface area contributed by atoms with Crippen LogP contribution in [0.1, 0.15) is 48.4 Å². The number of carbonyl (C=O) groups is 4. The topological polar surface area (TPSA) is 275 Å². The van der Waals surface area contributed by atoms with Crippen LogP contribution in [0.25, 0.3) is 0 Å². The molecule has 1 aromatic carbocycles. The van der Waals surface area contributed by atoms with Gasteiger partial charge in [0.1, 0.15) is 29.3 Å². The fourth-order valence-corrected chi connectivity index (χ4v) is 7.35. The van der Waals surface area contributed by atoms with Gasteiger partial charge in [-0.05, 0) is 51.1 Å². The van der Waals surface area contributed by atoms with Gasteiger partial charge in [-0.2, -0.15) is 18.2 Å². The number of hydrogen-bond acceptors (Lipinski definition) is 15. The number of nitrogens with two attached hydrogens (primary N) is 2. The summed E-state index contributed by atoms with van der Waals surface area (Å²) >= 11 is 0.974. The number of aliphatic carboxylic acids is 1. The van der Waals surface area contributed by atoms with Gasteiger partial charge in [0.2, 0.25) is 6.20 Å². The first kappa shape index (κ1) is 38.7. The fraction of sp³-hybridized carbons (Fsp3) is 0.469. The number of rotatable bonds is 18. The van der Waals surface area contributed by atoms with Crippen molar-refractivity contribution >= 4 is 61.8 Å². The van der Waals surface area contributed by atoms with E-state index in [0.29, 0.717) is 41.9 Å². The minimum Gasteiger partial charge on any atom is -0.489 e. The zero-order chi connectivity index (χ0) is 38.9. The number of fused-ring (bicyclic) bond motifs is 1. The fourth-order valence-electron chi connectivity index (χ4n) is 6.35. The van der Waals surface area contributed by atoms with Crippen molar-refractivity contribution in [3.05, 3.63) is 52.8 Å². The van der Waals surface area contributed by atoms with Crippen LogP contribution in [0.5, 0.6) is 5.75 Å². The summed E-state index contributed by atoms with van der Waals surface area (Å²) in [5, 5.41) is 18.8. The normalized spacial score (nSPS) is 19.0. The number of nitrogens with one attached hydrogen (secondary N) is 1. The van der Waals surface area contributed by atoms with Crippen molar-refractivity contribution in [3.8, 4) is 5.75 Å². The van der Waals surface area contributed by atoms with E-state index in [9.17, 15) is 32.7 Å². The number of nitrogen functional groups attached to an aromatic ring is 1. The molecule has 0 radical (unpaired) electrons. The third kappa shape index (κ3) is 8.07. The van der Waals surface area contributed by atoms with Crippen LogP contribution in [-0.2, 0) is 53.5 Å². The number of Topliss-reactive ketones (excluding diaryl/α,β-unsaturated/α-hetero) is 1. The highest BCUT2D eigenvalue weighted by atomic mass is 32.3. The lowest BCUT2D eigenvalue weighted by Gasteiger charge is -2.50. The Balaban J connectivity index is 1.10. The second-order valence-electron chi connectivity index (χ2n) is 13.5. The van der Waals surface area contributed by atoms with Crippen molar-refractivity contribution in [2.45, 2.75) is 58.0 Å². The quantitative estimate of drug-likeness (QED) is 0.0365. The molecule has 2 atom stereocenters. The van der Waals surface area contributed by atoms with Gasteiger partial charge in [-0.15, -0.1) is 20.3 Å². The maximum atomic E-state index is 13.5. The molecule has 290 valence electrons. The van der Waals surface area contributed by atoms with Gasteiger partial charge >= 0.3 is 16.4 Å². The van der Waals surface area contributed by atoms with Crippen molar-refractivity contribution in [3.63, 3.8) is 0 Å². The lowest BCUT2D eigenvalue weighted by Crippen LogP contribution is -2.68. The van der Waals surface area contributed by atoms with Gasteiger partial charge < -0.3 is 36.4 Å². The second kappa shape index (κ2) is 15.4. The highest BCUT2D eigenvalue weighted by Gasteiger charge is 2.57. The van der Waals surface area contributed by atoms with Crippen LogP contribution in [-0.4, -0.2) is 100.0 Å². The maximum absolute atomic E-state index is 13.5. The Kier molecular flexibility index (Phi) is 11.0. The lowest BCUT2D eigenvalue weighted by atomic mass is 9.74. The molecule has 20 nitrogen and oxygen atoms in total. The van der Waals surface area contributed by atoms with Crippen LogP contribution in [0.2, 0.25) is 0 Å². The Morgan fingerprint density at radius 2 is 1.94 bits per heavy atom. The van der Waals surface area contributed by atoms with Gasteiger partial charge in [-0.1, -0.05) is 5.16 Å². The molecular weight excluding hydrogens is 751 g/mol. The molecule has 2 amide bonds.